The van der Waals surface area contributed by atoms with E-state index in [-0.39, 0.29) is 12.2 Å². The number of morpholine rings is 1. The number of rotatable bonds is 6. The van der Waals surface area contributed by atoms with Gasteiger partial charge in [0.2, 0.25) is 0 Å². The molecule has 0 saturated carbocycles. The Balaban J connectivity index is 1.51. The van der Waals surface area contributed by atoms with Crippen molar-refractivity contribution in [3.05, 3.63) is 35.2 Å². The molecule has 0 amide bonds. The molecule has 0 spiro atoms. The third-order valence-electron chi connectivity index (χ3n) is 4.28. The first-order valence-corrected chi connectivity index (χ1v) is 8.95. The van der Waals surface area contributed by atoms with E-state index in [1.807, 2.05) is 27.7 Å². The van der Waals surface area contributed by atoms with Crippen molar-refractivity contribution >= 4 is 11.6 Å². The van der Waals surface area contributed by atoms with E-state index >= 15 is 0 Å². The fourth-order valence-corrected chi connectivity index (χ4v) is 2.85. The lowest BCUT2D eigenvalue weighted by molar-refractivity contribution is -0.0226. The van der Waals surface area contributed by atoms with Gasteiger partial charge in [-0.05, 0) is 27.7 Å². The Bertz CT molecular complexity index is 691. The van der Waals surface area contributed by atoms with Gasteiger partial charge in [0.05, 0.1) is 35.0 Å². The molecule has 0 aliphatic carbocycles. The van der Waals surface area contributed by atoms with Crippen LogP contribution in [0.3, 0.4) is 0 Å². The van der Waals surface area contributed by atoms with Crippen LogP contribution in [0.4, 0.5) is 11.6 Å². The quantitative estimate of drug-likeness (QED) is 0.713. The zero-order chi connectivity index (χ0) is 18.5. The molecular formula is C18H27N7O. The van der Waals surface area contributed by atoms with Crippen molar-refractivity contribution in [2.24, 2.45) is 0 Å². The number of hydrogen-bond acceptors (Lipinski definition) is 8. The SMILES string of the molecule is Cc1cnc(C)c(NCC2CNCC(CNc3nc(C)cnc3C)O2)n1. The van der Waals surface area contributed by atoms with Crippen molar-refractivity contribution in [2.45, 2.75) is 39.9 Å². The molecule has 140 valence electrons. The molecule has 3 N–H and O–H groups in total. The Kier molecular flexibility index (Phi) is 5.95. The number of nitrogens with zero attached hydrogens (tertiary/aromatic N) is 4. The maximum atomic E-state index is 6.19. The van der Waals surface area contributed by atoms with Crippen LogP contribution in [0.5, 0.6) is 0 Å². The van der Waals surface area contributed by atoms with Gasteiger partial charge in [-0.2, -0.15) is 0 Å². The van der Waals surface area contributed by atoms with Crippen LogP contribution in [0.25, 0.3) is 0 Å². The molecule has 8 nitrogen and oxygen atoms in total. The average Bonchev–Trinajstić information content (AvgIpc) is 2.63. The number of nitrogens with one attached hydrogen (secondary N) is 3. The van der Waals surface area contributed by atoms with Crippen LogP contribution < -0.4 is 16.0 Å². The van der Waals surface area contributed by atoms with Crippen LogP contribution in [-0.2, 0) is 4.74 Å². The zero-order valence-electron chi connectivity index (χ0n) is 15.8. The van der Waals surface area contributed by atoms with Crippen molar-refractivity contribution < 1.29 is 4.74 Å². The number of anilines is 2. The first-order chi connectivity index (χ1) is 12.5. The van der Waals surface area contributed by atoms with Crippen molar-refractivity contribution in [1.29, 1.82) is 0 Å². The highest BCUT2D eigenvalue weighted by molar-refractivity contribution is 5.40. The third kappa shape index (κ3) is 4.86. The number of hydrogen-bond donors (Lipinski definition) is 3. The van der Waals surface area contributed by atoms with E-state index in [2.05, 4.69) is 35.9 Å². The lowest BCUT2D eigenvalue weighted by atomic mass is 10.2. The number of ether oxygens (including phenoxy) is 1. The molecular weight excluding hydrogens is 330 g/mol. The van der Waals surface area contributed by atoms with Gasteiger partial charge < -0.3 is 20.7 Å². The van der Waals surface area contributed by atoms with Crippen molar-refractivity contribution in [2.75, 3.05) is 36.8 Å². The lowest BCUT2D eigenvalue weighted by Crippen LogP contribution is -2.49. The highest BCUT2D eigenvalue weighted by Crippen LogP contribution is 2.12. The van der Waals surface area contributed by atoms with Crippen LogP contribution in [-0.4, -0.2) is 58.3 Å². The van der Waals surface area contributed by atoms with E-state index in [0.29, 0.717) is 13.1 Å². The summed E-state index contributed by atoms with van der Waals surface area (Å²) in [7, 11) is 0. The zero-order valence-corrected chi connectivity index (χ0v) is 15.8. The molecule has 8 heteroatoms. The van der Waals surface area contributed by atoms with Gasteiger partial charge in [0, 0.05) is 38.6 Å². The van der Waals surface area contributed by atoms with Crippen LogP contribution in [0.1, 0.15) is 22.8 Å². The lowest BCUT2D eigenvalue weighted by Gasteiger charge is -2.31. The average molecular weight is 357 g/mol. The molecule has 0 radical (unpaired) electrons. The Labute approximate surface area is 154 Å². The van der Waals surface area contributed by atoms with E-state index in [4.69, 9.17) is 4.74 Å². The molecule has 2 aromatic heterocycles. The molecule has 26 heavy (non-hydrogen) atoms. The fraction of sp³-hybridized carbons (Fsp3) is 0.556. The van der Waals surface area contributed by atoms with Gasteiger partial charge in [0.25, 0.3) is 0 Å². The van der Waals surface area contributed by atoms with Crippen molar-refractivity contribution in [3.8, 4) is 0 Å². The largest absolute Gasteiger partial charge is 0.369 e. The second kappa shape index (κ2) is 8.37. The number of aryl methyl sites for hydroxylation is 4. The summed E-state index contributed by atoms with van der Waals surface area (Å²) < 4.78 is 6.19. The Morgan fingerprint density at radius 3 is 1.81 bits per heavy atom. The minimum absolute atomic E-state index is 0.0713. The van der Waals surface area contributed by atoms with Gasteiger partial charge in [-0.25, -0.2) is 9.97 Å². The third-order valence-corrected chi connectivity index (χ3v) is 4.28. The summed E-state index contributed by atoms with van der Waals surface area (Å²) in [5.74, 6) is 1.64. The second-order valence-electron chi connectivity index (χ2n) is 6.69. The summed E-state index contributed by atoms with van der Waals surface area (Å²) in [5, 5.41) is 10.1. The maximum absolute atomic E-state index is 6.19. The van der Waals surface area contributed by atoms with Crippen LogP contribution in [0.15, 0.2) is 12.4 Å². The monoisotopic (exact) mass is 357 g/mol. The normalized spacial score (nSPS) is 20.0. The van der Waals surface area contributed by atoms with Gasteiger partial charge >= 0.3 is 0 Å². The molecule has 3 rings (SSSR count). The van der Waals surface area contributed by atoms with E-state index in [1.54, 1.807) is 12.4 Å². The van der Waals surface area contributed by atoms with Gasteiger partial charge in [-0.15, -0.1) is 0 Å². The topological polar surface area (TPSA) is 96.9 Å². The maximum Gasteiger partial charge on any atom is 0.147 e. The Hall–Kier alpha value is -2.32. The molecule has 1 saturated heterocycles. The molecule has 2 unspecified atom stereocenters. The second-order valence-corrected chi connectivity index (χ2v) is 6.69. The van der Waals surface area contributed by atoms with Crippen molar-refractivity contribution in [1.82, 2.24) is 25.3 Å². The van der Waals surface area contributed by atoms with E-state index < -0.39 is 0 Å². The predicted octanol–water partition coefficient (Wildman–Crippen LogP) is 1.38. The Morgan fingerprint density at radius 1 is 0.885 bits per heavy atom. The van der Waals surface area contributed by atoms with Crippen LogP contribution >= 0.6 is 0 Å². The van der Waals surface area contributed by atoms with Crippen LogP contribution in [0.2, 0.25) is 0 Å². The molecule has 1 aliphatic rings. The first kappa shape index (κ1) is 18.5. The summed E-state index contributed by atoms with van der Waals surface area (Å²) in [4.78, 5) is 17.6. The fourth-order valence-electron chi connectivity index (χ4n) is 2.85. The van der Waals surface area contributed by atoms with E-state index in [1.165, 1.54) is 0 Å². The van der Waals surface area contributed by atoms with Crippen molar-refractivity contribution in [3.63, 3.8) is 0 Å². The minimum atomic E-state index is 0.0713. The summed E-state index contributed by atoms with van der Waals surface area (Å²) in [6.45, 7) is 10.8. The molecule has 0 bridgehead atoms. The standard InChI is InChI=1S/C18H27N7O/c1-11-5-20-13(3)17(24-11)22-9-15-7-19-8-16(26-15)10-23-18-14(4)21-6-12(2)25-18/h5-6,15-16,19H,7-10H2,1-4H3,(H,22,24)(H,23,25). The summed E-state index contributed by atoms with van der Waals surface area (Å²) in [6.07, 6.45) is 3.69. The predicted molar refractivity (Wildman–Crippen MR) is 102 cm³/mol. The minimum Gasteiger partial charge on any atom is -0.369 e. The molecule has 1 fully saturated rings. The summed E-state index contributed by atoms with van der Waals surface area (Å²) in [6, 6.07) is 0. The van der Waals surface area contributed by atoms with Crippen LogP contribution in [0, 0.1) is 27.7 Å². The van der Waals surface area contributed by atoms with Gasteiger partial charge in [-0.3, -0.25) is 9.97 Å². The molecule has 0 aromatic carbocycles. The molecule has 3 heterocycles. The smallest absolute Gasteiger partial charge is 0.147 e. The van der Waals surface area contributed by atoms with E-state index in [0.717, 1.165) is 47.5 Å². The summed E-state index contributed by atoms with van der Waals surface area (Å²) in [5.41, 5.74) is 3.59. The summed E-state index contributed by atoms with van der Waals surface area (Å²) >= 11 is 0. The first-order valence-electron chi connectivity index (χ1n) is 8.95. The molecule has 2 aromatic rings. The molecule has 1 aliphatic heterocycles. The van der Waals surface area contributed by atoms with Gasteiger partial charge in [-0.1, -0.05) is 0 Å². The highest BCUT2D eigenvalue weighted by atomic mass is 16.5. The highest BCUT2D eigenvalue weighted by Gasteiger charge is 2.22. The van der Waals surface area contributed by atoms with E-state index in [9.17, 15) is 0 Å². The Morgan fingerprint density at radius 2 is 1.35 bits per heavy atom. The number of aromatic nitrogens is 4. The van der Waals surface area contributed by atoms with Gasteiger partial charge in [0.1, 0.15) is 11.6 Å². The van der Waals surface area contributed by atoms with Gasteiger partial charge in [0.15, 0.2) is 0 Å². The molecule has 2 atom stereocenters.